The number of hydrogen-bond donors (Lipinski definition) is 4. The molecule has 3 amide bonds. The largest absolute Gasteiger partial charge is 0.480 e. The number of carbonyl (C=O) groups excluding carboxylic acids is 5. The summed E-state index contributed by atoms with van der Waals surface area (Å²) < 4.78 is 31.2. The van der Waals surface area contributed by atoms with Gasteiger partial charge in [-0.2, -0.15) is 0 Å². The van der Waals surface area contributed by atoms with E-state index < -0.39 is 23.6 Å². The molecule has 0 rings (SSSR count). The van der Waals surface area contributed by atoms with Crippen LogP contribution in [0.2, 0.25) is 0 Å². The molecule has 0 aliphatic carbocycles. The van der Waals surface area contributed by atoms with Crippen molar-refractivity contribution < 1.29 is 62.3 Å². The average Bonchev–Trinajstić information content (AvgIpc) is 3.14. The van der Waals surface area contributed by atoms with E-state index in [1.54, 1.807) is 27.7 Å². The van der Waals surface area contributed by atoms with E-state index in [2.05, 4.69) is 22.5 Å². The number of amides is 3. The van der Waals surface area contributed by atoms with Crippen LogP contribution in [0, 0.1) is 0 Å². The molecule has 0 aliphatic rings. The van der Waals surface area contributed by atoms with E-state index in [-0.39, 0.29) is 102 Å². The van der Waals surface area contributed by atoms with Crippen molar-refractivity contribution in [3.05, 3.63) is 12.3 Å². The molecule has 0 fully saturated rings. The van der Waals surface area contributed by atoms with Gasteiger partial charge in [0, 0.05) is 32.4 Å². The van der Waals surface area contributed by atoms with Crippen LogP contribution in [0.1, 0.15) is 143 Å². The van der Waals surface area contributed by atoms with Crippen molar-refractivity contribution in [2.24, 2.45) is 0 Å². The lowest BCUT2D eigenvalue weighted by molar-refractivity contribution is -0.159. The number of rotatable bonds is 39. The Bertz CT molecular complexity index is 1160. The van der Waals surface area contributed by atoms with E-state index in [9.17, 15) is 28.8 Å². The van der Waals surface area contributed by atoms with Crippen LogP contribution in [0.5, 0.6) is 0 Å². The van der Waals surface area contributed by atoms with Gasteiger partial charge < -0.3 is 49.5 Å². The second-order valence-electron chi connectivity index (χ2n) is 15.2. The minimum absolute atomic E-state index is 0.0157. The van der Waals surface area contributed by atoms with Crippen LogP contribution < -0.4 is 16.0 Å². The lowest BCUT2D eigenvalue weighted by atomic mass is 10.0. The summed E-state index contributed by atoms with van der Waals surface area (Å²) in [5, 5.41) is 16.6. The molecular weight excluding hydrogens is 754 g/mol. The highest BCUT2D eigenvalue weighted by Crippen LogP contribution is 2.15. The van der Waals surface area contributed by atoms with Crippen LogP contribution in [0.15, 0.2) is 12.3 Å². The predicted octanol–water partition coefficient (Wildman–Crippen LogP) is 5.29. The fraction of sp³-hybridized carbons (Fsp3) is 0.810. The first-order chi connectivity index (χ1) is 27.7. The Labute approximate surface area is 346 Å². The Morgan fingerprint density at radius 2 is 1.02 bits per heavy atom. The fourth-order valence-corrected chi connectivity index (χ4v) is 5.51. The molecule has 1 atom stereocenters. The monoisotopic (exact) mass is 830 g/mol. The Morgan fingerprint density at radius 1 is 0.569 bits per heavy atom. The second-order valence-corrected chi connectivity index (χ2v) is 15.2. The summed E-state index contributed by atoms with van der Waals surface area (Å²) in [4.78, 5) is 71.7. The molecule has 0 aromatic rings. The van der Waals surface area contributed by atoms with Gasteiger partial charge in [-0.15, -0.1) is 0 Å². The topological polar surface area (TPSA) is 214 Å². The zero-order valence-electron chi connectivity index (χ0n) is 35.9. The zero-order valence-corrected chi connectivity index (χ0v) is 35.9. The van der Waals surface area contributed by atoms with Gasteiger partial charge in [0.15, 0.2) is 0 Å². The number of ether oxygens (including phenoxy) is 6. The zero-order chi connectivity index (χ0) is 43.3. The third kappa shape index (κ3) is 39.2. The van der Waals surface area contributed by atoms with Crippen LogP contribution >= 0.6 is 0 Å². The maximum Gasteiger partial charge on any atom is 0.329 e. The highest BCUT2D eigenvalue weighted by molar-refractivity contribution is 5.85. The van der Waals surface area contributed by atoms with Crippen molar-refractivity contribution in [3.8, 4) is 0 Å². The smallest absolute Gasteiger partial charge is 0.329 e. The molecule has 0 radical (unpaired) electrons. The van der Waals surface area contributed by atoms with Crippen molar-refractivity contribution in [2.45, 2.75) is 155 Å². The van der Waals surface area contributed by atoms with Crippen molar-refractivity contribution >= 4 is 35.6 Å². The van der Waals surface area contributed by atoms with E-state index in [0.717, 1.165) is 44.9 Å². The third-order valence-corrected chi connectivity index (χ3v) is 8.35. The van der Waals surface area contributed by atoms with E-state index in [1.165, 1.54) is 44.9 Å². The van der Waals surface area contributed by atoms with E-state index in [4.69, 9.17) is 33.5 Å². The number of aliphatic carboxylic acids is 1. The lowest BCUT2D eigenvalue weighted by Crippen LogP contribution is -2.44. The quantitative estimate of drug-likeness (QED) is 0.0353. The molecule has 336 valence electrons. The van der Waals surface area contributed by atoms with Crippen molar-refractivity contribution in [3.63, 3.8) is 0 Å². The predicted molar refractivity (Wildman–Crippen MR) is 219 cm³/mol. The molecule has 16 nitrogen and oxygen atoms in total. The molecule has 58 heavy (non-hydrogen) atoms. The van der Waals surface area contributed by atoms with Crippen LogP contribution in [0.25, 0.3) is 0 Å². The van der Waals surface area contributed by atoms with Crippen LogP contribution in [-0.2, 0) is 57.2 Å². The summed E-state index contributed by atoms with van der Waals surface area (Å²) in [7, 11) is 0. The summed E-state index contributed by atoms with van der Waals surface area (Å²) in [6, 6.07) is -0.932. The second kappa shape index (κ2) is 36.5. The number of esters is 2. The molecule has 16 heteroatoms. The van der Waals surface area contributed by atoms with E-state index in [0.29, 0.717) is 18.6 Å². The maximum atomic E-state index is 12.9. The molecule has 0 spiro atoms. The highest BCUT2D eigenvalue weighted by atomic mass is 16.6. The average molecular weight is 830 g/mol. The van der Waals surface area contributed by atoms with Gasteiger partial charge >= 0.3 is 17.9 Å². The Morgan fingerprint density at radius 3 is 1.50 bits per heavy atom. The summed E-state index contributed by atoms with van der Waals surface area (Å²) in [6.45, 7) is 11.7. The number of carboxylic acids is 1. The fourth-order valence-electron chi connectivity index (χ4n) is 5.51. The number of carboxylic acid groups (broad SMARTS) is 1. The van der Waals surface area contributed by atoms with Gasteiger partial charge in [-0.25, -0.2) is 9.59 Å². The highest BCUT2D eigenvalue weighted by Gasteiger charge is 2.27. The van der Waals surface area contributed by atoms with Gasteiger partial charge in [-0.1, -0.05) is 83.6 Å². The number of carbonyl (C=O) groups is 6. The van der Waals surface area contributed by atoms with Crippen molar-refractivity contribution in [1.82, 2.24) is 16.0 Å². The summed E-state index contributed by atoms with van der Waals surface area (Å²) >= 11 is 0. The summed E-state index contributed by atoms with van der Waals surface area (Å²) in [5.74, 6) is -2.21. The molecule has 0 aliphatic heterocycles. The normalized spacial score (nSPS) is 11.7. The molecule has 0 heterocycles. The molecule has 4 N–H and O–H groups in total. The van der Waals surface area contributed by atoms with Crippen LogP contribution in [-0.4, -0.2) is 118 Å². The van der Waals surface area contributed by atoms with Crippen LogP contribution in [0.3, 0.4) is 0 Å². The minimum atomic E-state index is -1.05. The molecule has 0 saturated heterocycles. The van der Waals surface area contributed by atoms with Gasteiger partial charge in [0.25, 0.3) is 0 Å². The number of unbranched alkanes of at least 4 members (excludes halogenated alkanes) is 13. The van der Waals surface area contributed by atoms with Gasteiger partial charge in [-0.3, -0.25) is 19.2 Å². The van der Waals surface area contributed by atoms with Crippen molar-refractivity contribution in [2.75, 3.05) is 65.9 Å². The third-order valence-electron chi connectivity index (χ3n) is 8.35. The summed E-state index contributed by atoms with van der Waals surface area (Å²) in [6.07, 6.45) is 16.4. The van der Waals surface area contributed by atoms with E-state index in [1.807, 2.05) is 0 Å². The molecule has 0 saturated carbocycles. The molecule has 0 bridgehead atoms. The van der Waals surface area contributed by atoms with Gasteiger partial charge in [0.2, 0.25) is 17.7 Å². The number of allylic oxidation sites excluding steroid dienone is 1. The Balaban J connectivity index is 4.00. The van der Waals surface area contributed by atoms with Crippen molar-refractivity contribution in [1.29, 1.82) is 0 Å². The summed E-state index contributed by atoms with van der Waals surface area (Å²) in [5.41, 5.74) is -0.741. The Kier molecular flexibility index (Phi) is 34.2. The lowest BCUT2D eigenvalue weighted by Gasteiger charge is -2.24. The SMILES string of the molecule is C=C(C)OC(=O)CCCCCCCCCCCCCCCCC(=O)N[C@@H](CCC(=O)NCCOCCOCC(=O)NCCOCCOCC(=O)O)C(=O)OC(C)(C)C. The van der Waals surface area contributed by atoms with Gasteiger partial charge in [0.1, 0.15) is 24.9 Å². The number of nitrogens with one attached hydrogen (secondary N) is 3. The first-order valence-electron chi connectivity index (χ1n) is 21.1. The van der Waals surface area contributed by atoms with Crippen LogP contribution in [0.4, 0.5) is 0 Å². The molecule has 0 aromatic carbocycles. The maximum absolute atomic E-state index is 12.9. The first kappa shape index (κ1) is 54.4. The van der Waals surface area contributed by atoms with Gasteiger partial charge in [0.05, 0.1) is 45.4 Å². The molecular formula is C42H75N3O13. The first-order valence-corrected chi connectivity index (χ1v) is 21.1. The minimum Gasteiger partial charge on any atom is -0.480 e. The van der Waals surface area contributed by atoms with E-state index >= 15 is 0 Å². The molecule has 0 unspecified atom stereocenters. The standard InChI is InChI=1S/C42H75N3O13/c1-34(2)57-40(51)21-19-17-15-13-11-9-7-6-8-10-12-14-16-18-20-37(47)45-35(41(52)58-42(3,4)5)22-23-36(46)43-24-26-53-28-30-55-32-38(48)44-25-27-54-29-31-56-33-39(49)50/h35H,1,6-33H2,2-5H3,(H,43,46)(H,44,48)(H,45,47)(H,49,50)/t35-/m0/s1. The Hall–Kier alpha value is -3.60. The number of hydrogen-bond acceptors (Lipinski definition) is 12. The van der Waals surface area contributed by atoms with Gasteiger partial charge in [-0.05, 0) is 47.0 Å². The molecule has 0 aromatic heterocycles.